The Labute approximate surface area is 235 Å². The summed E-state index contributed by atoms with van der Waals surface area (Å²) in [5.74, 6) is 0.798. The molecule has 0 saturated carbocycles. The van der Waals surface area contributed by atoms with Crippen LogP contribution in [0.15, 0.2) is 97.3 Å². The molecule has 1 aromatic heterocycles. The molecule has 0 atom stereocenters. The van der Waals surface area contributed by atoms with Gasteiger partial charge < -0.3 is 20.2 Å². The molecule has 1 aliphatic heterocycles. The minimum Gasteiger partial charge on any atom is -0.493 e. The standard InChI is InChI=1S/C32H35N5O3/c38-32(24-37-17-20-39-21-18-37)35-31-10-4-3-9-30(31)29-8-2-1-7-26(29)15-19-40-28-13-11-27(12-14-28)36-34-23-25-6-5-16-33-22-25/h1-14,16,22,34,36H,15,17-21,23-24H2,(H,35,38). The van der Waals surface area contributed by atoms with Crippen molar-refractivity contribution in [2.45, 2.75) is 13.0 Å². The fourth-order valence-electron chi connectivity index (χ4n) is 4.64. The maximum absolute atomic E-state index is 12.8. The number of carbonyl (C=O) groups excluding carboxylic acids is 1. The first-order chi connectivity index (χ1) is 19.7. The van der Waals surface area contributed by atoms with Crippen molar-refractivity contribution in [1.82, 2.24) is 15.3 Å². The normalized spacial score (nSPS) is 13.5. The smallest absolute Gasteiger partial charge is 0.238 e. The highest BCUT2D eigenvalue weighted by Gasteiger charge is 2.16. The Morgan fingerprint density at radius 2 is 1.68 bits per heavy atom. The molecule has 4 aromatic rings. The number of aromatic nitrogens is 1. The van der Waals surface area contributed by atoms with Crippen molar-refractivity contribution in [3.8, 4) is 16.9 Å². The molecule has 1 aliphatic rings. The second-order valence-corrected chi connectivity index (χ2v) is 9.60. The fraction of sp³-hybridized carbons (Fsp3) is 0.250. The van der Waals surface area contributed by atoms with Gasteiger partial charge in [-0.05, 0) is 53.1 Å². The number of rotatable bonds is 12. The van der Waals surface area contributed by atoms with Gasteiger partial charge in [-0.1, -0.05) is 48.5 Å². The van der Waals surface area contributed by atoms with E-state index < -0.39 is 0 Å². The summed E-state index contributed by atoms with van der Waals surface area (Å²) >= 11 is 0. The number of nitrogens with zero attached hydrogens (tertiary/aromatic N) is 2. The van der Waals surface area contributed by atoms with Crippen LogP contribution in [0.4, 0.5) is 11.4 Å². The van der Waals surface area contributed by atoms with Crippen molar-refractivity contribution in [2.75, 3.05) is 50.2 Å². The van der Waals surface area contributed by atoms with Gasteiger partial charge in [0.25, 0.3) is 0 Å². The summed E-state index contributed by atoms with van der Waals surface area (Å²) in [5.41, 5.74) is 12.5. The third-order valence-electron chi connectivity index (χ3n) is 6.72. The van der Waals surface area contributed by atoms with Crippen molar-refractivity contribution in [2.24, 2.45) is 0 Å². The molecule has 0 spiro atoms. The topological polar surface area (TPSA) is 87.8 Å². The van der Waals surface area contributed by atoms with E-state index in [9.17, 15) is 4.79 Å². The lowest BCUT2D eigenvalue weighted by Gasteiger charge is -2.26. The molecule has 206 valence electrons. The van der Waals surface area contributed by atoms with E-state index in [-0.39, 0.29) is 5.91 Å². The van der Waals surface area contributed by atoms with Crippen LogP contribution in [0.3, 0.4) is 0 Å². The van der Waals surface area contributed by atoms with Gasteiger partial charge in [0, 0.05) is 55.4 Å². The molecule has 5 rings (SSSR count). The zero-order valence-electron chi connectivity index (χ0n) is 22.5. The van der Waals surface area contributed by atoms with E-state index in [2.05, 4.69) is 44.3 Å². The number of hydrogen-bond donors (Lipinski definition) is 3. The lowest BCUT2D eigenvalue weighted by atomic mass is 9.96. The van der Waals surface area contributed by atoms with Crippen LogP contribution < -0.4 is 20.9 Å². The largest absolute Gasteiger partial charge is 0.493 e. The van der Waals surface area contributed by atoms with Crippen LogP contribution in [-0.4, -0.2) is 55.2 Å². The van der Waals surface area contributed by atoms with E-state index in [1.807, 2.05) is 72.9 Å². The summed E-state index contributed by atoms with van der Waals surface area (Å²) in [4.78, 5) is 19.0. The highest BCUT2D eigenvalue weighted by Crippen LogP contribution is 2.31. The number of benzene rings is 3. The predicted octanol–water partition coefficient (Wildman–Crippen LogP) is 4.76. The quantitative estimate of drug-likeness (QED) is 0.225. The first kappa shape index (κ1) is 27.3. The number of anilines is 2. The molecule has 0 bridgehead atoms. The number of amides is 1. The average Bonchev–Trinajstić information content (AvgIpc) is 3.00. The molecule has 1 fully saturated rings. The lowest BCUT2D eigenvalue weighted by Crippen LogP contribution is -2.41. The minimum absolute atomic E-state index is 0.0135. The fourth-order valence-corrected chi connectivity index (χ4v) is 4.64. The van der Waals surface area contributed by atoms with Crippen LogP contribution in [0, 0.1) is 0 Å². The van der Waals surface area contributed by atoms with Crippen molar-refractivity contribution in [1.29, 1.82) is 0 Å². The molecule has 8 nitrogen and oxygen atoms in total. The Balaban J connectivity index is 1.15. The summed E-state index contributed by atoms with van der Waals surface area (Å²) < 4.78 is 11.5. The van der Waals surface area contributed by atoms with Gasteiger partial charge in [0.2, 0.25) is 5.91 Å². The van der Waals surface area contributed by atoms with Gasteiger partial charge in [-0.2, -0.15) is 0 Å². The Kier molecular flexibility index (Phi) is 9.72. The number of para-hydroxylation sites is 1. The van der Waals surface area contributed by atoms with E-state index in [0.717, 1.165) is 58.9 Å². The summed E-state index contributed by atoms with van der Waals surface area (Å²) in [6.07, 6.45) is 4.34. The van der Waals surface area contributed by atoms with Gasteiger partial charge in [-0.3, -0.25) is 14.7 Å². The van der Waals surface area contributed by atoms with E-state index in [4.69, 9.17) is 9.47 Å². The first-order valence-electron chi connectivity index (χ1n) is 13.6. The van der Waals surface area contributed by atoms with Crippen LogP contribution in [0.5, 0.6) is 5.75 Å². The first-order valence-corrected chi connectivity index (χ1v) is 13.6. The zero-order chi connectivity index (χ0) is 27.4. The number of nitrogens with one attached hydrogen (secondary N) is 3. The lowest BCUT2D eigenvalue weighted by molar-refractivity contribution is -0.118. The molecule has 1 amide bonds. The molecular formula is C32H35N5O3. The van der Waals surface area contributed by atoms with Crippen molar-refractivity contribution < 1.29 is 14.3 Å². The van der Waals surface area contributed by atoms with Crippen molar-refractivity contribution in [3.63, 3.8) is 0 Å². The van der Waals surface area contributed by atoms with Crippen molar-refractivity contribution >= 4 is 17.3 Å². The molecule has 0 radical (unpaired) electrons. The maximum Gasteiger partial charge on any atom is 0.238 e. The number of hydrazine groups is 1. The summed E-state index contributed by atoms with van der Waals surface area (Å²) in [6.45, 7) is 4.47. The molecule has 40 heavy (non-hydrogen) atoms. The molecule has 8 heteroatoms. The van der Waals surface area contributed by atoms with Gasteiger partial charge in [0.1, 0.15) is 5.75 Å². The SMILES string of the molecule is O=C(CN1CCOCC1)Nc1ccccc1-c1ccccc1CCOc1ccc(NNCc2cccnc2)cc1. The Morgan fingerprint density at radius 1 is 0.900 bits per heavy atom. The second kappa shape index (κ2) is 14.2. The molecule has 0 aliphatic carbocycles. The second-order valence-electron chi connectivity index (χ2n) is 9.60. The maximum atomic E-state index is 12.8. The van der Waals surface area contributed by atoms with Crippen LogP contribution >= 0.6 is 0 Å². The van der Waals surface area contributed by atoms with Gasteiger partial charge in [0.05, 0.1) is 26.4 Å². The Bertz CT molecular complexity index is 1360. The third kappa shape index (κ3) is 7.89. The summed E-state index contributed by atoms with van der Waals surface area (Å²) in [7, 11) is 0. The molecule has 3 N–H and O–H groups in total. The van der Waals surface area contributed by atoms with Gasteiger partial charge in [-0.15, -0.1) is 0 Å². The summed E-state index contributed by atoms with van der Waals surface area (Å²) in [5, 5.41) is 3.13. The minimum atomic E-state index is -0.0135. The number of pyridine rings is 1. The van der Waals surface area contributed by atoms with Crippen LogP contribution in [0.25, 0.3) is 11.1 Å². The molecule has 1 saturated heterocycles. The molecule has 2 heterocycles. The van der Waals surface area contributed by atoms with E-state index in [1.165, 1.54) is 0 Å². The number of hydrogen-bond acceptors (Lipinski definition) is 7. The average molecular weight is 538 g/mol. The van der Waals surface area contributed by atoms with Gasteiger partial charge >= 0.3 is 0 Å². The number of ether oxygens (including phenoxy) is 2. The number of carbonyl (C=O) groups is 1. The molecular weight excluding hydrogens is 502 g/mol. The van der Waals surface area contributed by atoms with Gasteiger partial charge in [0.15, 0.2) is 0 Å². The van der Waals surface area contributed by atoms with Crippen LogP contribution in [0.1, 0.15) is 11.1 Å². The monoisotopic (exact) mass is 537 g/mol. The third-order valence-corrected chi connectivity index (χ3v) is 6.72. The Hall–Kier alpha value is -4.24. The predicted molar refractivity (Wildman–Crippen MR) is 158 cm³/mol. The highest BCUT2D eigenvalue weighted by molar-refractivity contribution is 5.97. The zero-order valence-corrected chi connectivity index (χ0v) is 22.5. The van der Waals surface area contributed by atoms with E-state index >= 15 is 0 Å². The van der Waals surface area contributed by atoms with E-state index in [0.29, 0.717) is 32.9 Å². The molecule has 0 unspecified atom stereocenters. The summed E-state index contributed by atoms with van der Waals surface area (Å²) in [6, 6.07) is 28.1. The van der Waals surface area contributed by atoms with Gasteiger partial charge in [-0.25, -0.2) is 5.43 Å². The number of morpholine rings is 1. The Morgan fingerprint density at radius 3 is 2.48 bits per heavy atom. The highest BCUT2D eigenvalue weighted by atomic mass is 16.5. The van der Waals surface area contributed by atoms with Crippen LogP contribution in [-0.2, 0) is 22.5 Å². The van der Waals surface area contributed by atoms with Crippen LogP contribution in [0.2, 0.25) is 0 Å². The molecule has 3 aromatic carbocycles. The van der Waals surface area contributed by atoms with Crippen molar-refractivity contribution in [3.05, 3.63) is 108 Å². The van der Waals surface area contributed by atoms with E-state index in [1.54, 1.807) is 6.20 Å².